The van der Waals surface area contributed by atoms with Gasteiger partial charge in [-0.2, -0.15) is 0 Å². The number of nitrogens with two attached hydrogens (primary N) is 1. The van der Waals surface area contributed by atoms with Crippen LogP contribution < -0.4 is 11.1 Å². The smallest absolute Gasteiger partial charge is 0.226 e. The van der Waals surface area contributed by atoms with Gasteiger partial charge in [-0.05, 0) is 55.2 Å². The lowest BCUT2D eigenvalue weighted by Crippen LogP contribution is -2.15. The summed E-state index contributed by atoms with van der Waals surface area (Å²) in [4.78, 5) is 13.4. The molecule has 0 fully saturated rings. The van der Waals surface area contributed by atoms with Crippen molar-refractivity contribution < 1.29 is 9.53 Å². The molecule has 1 atom stereocenters. The van der Waals surface area contributed by atoms with Gasteiger partial charge in [-0.25, -0.2) is 0 Å². The summed E-state index contributed by atoms with van der Waals surface area (Å²) < 4.78 is 5.24. The maximum atomic E-state index is 12.1. The topological polar surface area (TPSA) is 64.3 Å². The van der Waals surface area contributed by atoms with Gasteiger partial charge in [0.2, 0.25) is 5.91 Å². The molecule has 25 heavy (non-hydrogen) atoms. The molecule has 0 bridgehead atoms. The molecular formula is C20H24N2O2S. The van der Waals surface area contributed by atoms with Crippen molar-refractivity contribution in [1.29, 1.82) is 0 Å². The van der Waals surface area contributed by atoms with Gasteiger partial charge in [-0.3, -0.25) is 4.79 Å². The Morgan fingerprint density at radius 1 is 1.36 bits per heavy atom. The van der Waals surface area contributed by atoms with Crippen LogP contribution in [0, 0.1) is 6.92 Å². The monoisotopic (exact) mass is 356 g/mol. The van der Waals surface area contributed by atoms with Crippen molar-refractivity contribution in [1.82, 2.24) is 0 Å². The van der Waals surface area contributed by atoms with Crippen LogP contribution in [-0.2, 0) is 16.0 Å². The lowest BCUT2D eigenvalue weighted by atomic mass is 9.99. The van der Waals surface area contributed by atoms with Crippen molar-refractivity contribution in [2.45, 2.75) is 36.8 Å². The number of nitrogens with one attached hydrogen (secondary N) is 1. The van der Waals surface area contributed by atoms with Gasteiger partial charge in [0.15, 0.2) is 0 Å². The predicted octanol–water partition coefficient (Wildman–Crippen LogP) is 4.33. The fraction of sp³-hybridized carbons (Fsp3) is 0.350. The highest BCUT2D eigenvalue weighted by atomic mass is 32.2. The van der Waals surface area contributed by atoms with Crippen molar-refractivity contribution in [3.63, 3.8) is 0 Å². The number of carbonyl (C=O) groups excluding carboxylic acids is 1. The molecule has 132 valence electrons. The Morgan fingerprint density at radius 2 is 2.16 bits per heavy atom. The molecule has 0 radical (unpaired) electrons. The van der Waals surface area contributed by atoms with Gasteiger partial charge in [0.25, 0.3) is 0 Å². The second-order valence-electron chi connectivity index (χ2n) is 6.21. The van der Waals surface area contributed by atoms with Crippen molar-refractivity contribution in [3.8, 4) is 0 Å². The molecule has 1 amide bonds. The molecule has 3 rings (SSSR count). The quantitative estimate of drug-likeness (QED) is 0.597. The number of fused-ring (bicyclic) bond motifs is 1. The highest BCUT2D eigenvalue weighted by Gasteiger charge is 2.26. The van der Waals surface area contributed by atoms with E-state index in [-0.39, 0.29) is 11.2 Å². The molecule has 1 aliphatic heterocycles. The zero-order valence-corrected chi connectivity index (χ0v) is 15.5. The van der Waals surface area contributed by atoms with Crippen LogP contribution in [0.3, 0.4) is 0 Å². The Balaban J connectivity index is 1.77. The summed E-state index contributed by atoms with van der Waals surface area (Å²) in [6, 6.07) is 12.4. The molecule has 0 saturated heterocycles. The number of carbonyl (C=O) groups is 1. The first kappa shape index (κ1) is 17.8. The predicted molar refractivity (Wildman–Crippen MR) is 104 cm³/mol. The fourth-order valence-electron chi connectivity index (χ4n) is 3.05. The molecule has 5 heteroatoms. The maximum Gasteiger partial charge on any atom is 0.226 e. The maximum absolute atomic E-state index is 12.1. The van der Waals surface area contributed by atoms with Gasteiger partial charge in [0.1, 0.15) is 0 Å². The van der Waals surface area contributed by atoms with Gasteiger partial charge in [0, 0.05) is 28.1 Å². The van der Waals surface area contributed by atoms with E-state index >= 15 is 0 Å². The van der Waals surface area contributed by atoms with E-state index in [1.165, 1.54) is 10.5 Å². The van der Waals surface area contributed by atoms with Gasteiger partial charge < -0.3 is 15.8 Å². The summed E-state index contributed by atoms with van der Waals surface area (Å²) in [6.45, 7) is 4.97. The number of ether oxygens (including phenoxy) is 1. The van der Waals surface area contributed by atoms with Crippen LogP contribution in [-0.4, -0.2) is 19.1 Å². The third-order valence-electron chi connectivity index (χ3n) is 4.37. The first-order valence-corrected chi connectivity index (χ1v) is 9.48. The van der Waals surface area contributed by atoms with Crippen molar-refractivity contribution >= 4 is 29.0 Å². The number of anilines is 2. The number of benzene rings is 2. The molecule has 1 unspecified atom stereocenters. The van der Waals surface area contributed by atoms with Crippen LogP contribution in [0.15, 0.2) is 41.3 Å². The Kier molecular flexibility index (Phi) is 5.66. The Labute approximate surface area is 153 Å². The highest BCUT2D eigenvalue weighted by molar-refractivity contribution is 7.99. The number of nitrogen functional groups attached to an aromatic ring is 1. The number of hydrogen-bond acceptors (Lipinski definition) is 4. The van der Waals surface area contributed by atoms with E-state index in [0.717, 1.165) is 28.9 Å². The molecule has 0 spiro atoms. The largest absolute Gasteiger partial charge is 0.398 e. The van der Waals surface area contributed by atoms with Crippen molar-refractivity contribution in [2.24, 2.45) is 0 Å². The second kappa shape index (κ2) is 7.93. The molecule has 1 heterocycles. The van der Waals surface area contributed by atoms with Gasteiger partial charge in [-0.1, -0.05) is 18.2 Å². The number of hydrogen-bond donors (Lipinski definition) is 2. The number of aryl methyl sites for hydroxylation is 1. The normalized spacial score (nSPS) is 15.8. The average Bonchev–Trinajstić information content (AvgIpc) is 3.02. The minimum absolute atomic E-state index is 0.0362. The summed E-state index contributed by atoms with van der Waals surface area (Å²) in [5, 5.41) is 3.26. The van der Waals surface area contributed by atoms with Crippen LogP contribution in [0.25, 0.3) is 0 Å². The van der Waals surface area contributed by atoms with Crippen molar-refractivity contribution in [3.05, 3.63) is 53.1 Å². The number of thioether (sulfide) groups is 1. The van der Waals surface area contributed by atoms with E-state index in [1.807, 2.05) is 37.7 Å². The van der Waals surface area contributed by atoms with Crippen LogP contribution >= 0.6 is 11.8 Å². The Hall–Kier alpha value is -1.98. The van der Waals surface area contributed by atoms with Gasteiger partial charge in [0.05, 0.1) is 13.0 Å². The second-order valence-corrected chi connectivity index (χ2v) is 7.45. The summed E-state index contributed by atoms with van der Waals surface area (Å²) in [5.74, 6) is -0.0362. The minimum Gasteiger partial charge on any atom is -0.398 e. The van der Waals surface area contributed by atoms with E-state index in [4.69, 9.17) is 10.5 Å². The molecule has 0 aliphatic carbocycles. The zero-order chi connectivity index (χ0) is 17.8. The van der Waals surface area contributed by atoms with Crippen LogP contribution in [0.4, 0.5) is 11.4 Å². The fourth-order valence-corrected chi connectivity index (χ4v) is 4.40. The van der Waals surface area contributed by atoms with Crippen LogP contribution in [0.5, 0.6) is 0 Å². The number of amides is 1. The average molecular weight is 356 g/mol. The third kappa shape index (κ3) is 4.17. The molecule has 0 aromatic heterocycles. The summed E-state index contributed by atoms with van der Waals surface area (Å²) in [7, 11) is 0. The first-order valence-electron chi connectivity index (χ1n) is 8.60. The van der Waals surface area contributed by atoms with Crippen molar-refractivity contribution in [2.75, 3.05) is 24.3 Å². The van der Waals surface area contributed by atoms with Crippen LogP contribution in [0.2, 0.25) is 0 Å². The van der Waals surface area contributed by atoms with Crippen LogP contribution in [0.1, 0.15) is 35.3 Å². The highest BCUT2D eigenvalue weighted by Crippen LogP contribution is 2.48. The summed E-state index contributed by atoms with van der Waals surface area (Å²) in [5.41, 5.74) is 11.4. The van der Waals surface area contributed by atoms with E-state index in [1.54, 1.807) is 0 Å². The third-order valence-corrected chi connectivity index (χ3v) is 5.73. The lowest BCUT2D eigenvalue weighted by molar-refractivity contribution is -0.117. The lowest BCUT2D eigenvalue weighted by Gasteiger charge is -2.17. The minimum atomic E-state index is -0.0362. The molecule has 0 saturated carbocycles. The van der Waals surface area contributed by atoms with E-state index in [0.29, 0.717) is 19.6 Å². The van der Waals surface area contributed by atoms with E-state index in [9.17, 15) is 4.79 Å². The Bertz CT molecular complexity index is 751. The molecule has 2 aromatic rings. The first-order chi connectivity index (χ1) is 12.1. The molecule has 4 nitrogen and oxygen atoms in total. The summed E-state index contributed by atoms with van der Waals surface area (Å²) in [6.07, 6.45) is 1.32. The van der Waals surface area contributed by atoms with E-state index < -0.39 is 0 Å². The SMILES string of the molecule is CCOCCC(=O)Nc1cc(C)c(N)c(C2Cc3ccccc3S2)c1. The Morgan fingerprint density at radius 3 is 2.92 bits per heavy atom. The van der Waals surface area contributed by atoms with E-state index in [2.05, 4.69) is 29.6 Å². The molecule has 3 N–H and O–H groups in total. The standard InChI is InChI=1S/C20H24N2O2S/c1-3-24-9-8-19(23)22-15-10-13(2)20(21)16(12-15)18-11-14-6-4-5-7-17(14)25-18/h4-7,10,12,18H,3,8-9,11,21H2,1-2H3,(H,22,23). The molecule has 2 aromatic carbocycles. The van der Waals surface area contributed by atoms with Gasteiger partial charge >= 0.3 is 0 Å². The molecule has 1 aliphatic rings. The number of rotatable bonds is 6. The zero-order valence-electron chi connectivity index (χ0n) is 14.7. The summed E-state index contributed by atoms with van der Waals surface area (Å²) >= 11 is 1.84. The van der Waals surface area contributed by atoms with Gasteiger partial charge in [-0.15, -0.1) is 11.8 Å². The molecular weight excluding hydrogens is 332 g/mol.